The van der Waals surface area contributed by atoms with Crippen LogP contribution in [0.5, 0.6) is 23.0 Å². The van der Waals surface area contributed by atoms with Crippen LogP contribution in [0.3, 0.4) is 0 Å². The zero-order chi connectivity index (χ0) is 53.0. The van der Waals surface area contributed by atoms with E-state index in [9.17, 15) is 29.4 Å². The third-order valence-electron chi connectivity index (χ3n) is 13.8. The topological polar surface area (TPSA) is 214 Å². The summed E-state index contributed by atoms with van der Waals surface area (Å²) in [4.78, 5) is 57.1. The molecule has 0 spiro atoms. The van der Waals surface area contributed by atoms with Crippen molar-refractivity contribution in [2.75, 3.05) is 45.7 Å². The van der Waals surface area contributed by atoms with E-state index in [1.54, 1.807) is 46.2 Å². The fraction of sp³-hybridized carbons (Fsp3) is 0.368. The molecule has 5 aromatic carbocycles. The molecule has 0 fully saturated rings. The number of carbonyl (C=O) groups is 4. The van der Waals surface area contributed by atoms with E-state index in [0.29, 0.717) is 87.3 Å². The Morgan fingerprint density at radius 1 is 0.760 bits per heavy atom. The van der Waals surface area contributed by atoms with E-state index < -0.39 is 29.3 Å². The molecule has 2 unspecified atom stereocenters. The number of aliphatic hydroxyl groups is 2. The highest BCUT2D eigenvalue weighted by molar-refractivity contribution is 8.77. The number of fused-ring (bicyclic) bond motifs is 8. The van der Waals surface area contributed by atoms with E-state index in [4.69, 9.17) is 24.7 Å². The molecule has 7 N–H and O–H groups in total. The number of unbranched alkanes of at least 4 members (excludes halogenated alkanes) is 3. The zero-order valence-electron chi connectivity index (χ0n) is 42.8. The lowest BCUT2D eigenvalue weighted by molar-refractivity contribution is -0.118. The van der Waals surface area contributed by atoms with Gasteiger partial charge in [0.15, 0.2) is 23.0 Å². The molecule has 18 heteroatoms. The van der Waals surface area contributed by atoms with Crippen LogP contribution in [-0.4, -0.2) is 83.1 Å². The van der Waals surface area contributed by atoms with Gasteiger partial charge in [-0.15, -0.1) is 0 Å². The number of hydrogen-bond acceptors (Lipinski definition) is 14. The van der Waals surface area contributed by atoms with Gasteiger partial charge in [0.1, 0.15) is 25.7 Å². The summed E-state index contributed by atoms with van der Waals surface area (Å²) in [6.45, 7) is 5.81. The number of nitrogens with two attached hydrogens (primary N) is 1. The Morgan fingerprint density at radius 2 is 1.35 bits per heavy atom. The van der Waals surface area contributed by atoms with Gasteiger partial charge < -0.3 is 60.6 Å². The minimum atomic E-state index is -1.09. The zero-order valence-corrected chi connectivity index (χ0v) is 44.4. The van der Waals surface area contributed by atoms with Gasteiger partial charge in [0, 0.05) is 41.4 Å². The number of carbonyl (C=O) groups excluding carboxylic acids is 4. The SMILES string of the molecule is CCCCC/C=C\c1ccc2c(c1)C[C@H]1C(O)Nc3cc(OCc4cc(COc5cc6c(cc5OC)C(=O)N5c7ccccc7C[C@H]5C(O)N6)cc(NC(=O)C(C)(C)SSCCCC(N)=O)c4)c(OC)cc3C(=O)N21. The Hall–Kier alpha value is -6.86. The lowest BCUT2D eigenvalue weighted by Crippen LogP contribution is -2.45. The second-order valence-corrected chi connectivity index (χ2v) is 22.7. The number of primary amides is 1. The fourth-order valence-electron chi connectivity index (χ4n) is 9.94. The standard InChI is InChI=1S/C57H64N6O10S2/c1-6-7-8-9-10-14-33-18-19-44-37(22-33)26-46-53(66)61-42-30-50(48(71-5)28-40(42)55(68)63(44)46)73-32-35-21-34(23-38(24-35)59-56(69)57(2,3)75-74-20-13-17-51(58)64)31-72-49-29-41-39(27-47(49)70-4)54(67)62-43-16-12-11-15-36(43)25-45(62)52(65)60-41/h10-12,14-16,18-19,21-24,27-30,45-46,52-53,60-61,65-66H,6-9,13,17,20,25-26,31-32H2,1-5H3,(H2,58,64)(H,59,69)/b14-10-/t45-,46-,52?,53?/m0/s1. The van der Waals surface area contributed by atoms with Gasteiger partial charge in [0.2, 0.25) is 11.8 Å². The molecule has 0 saturated carbocycles. The van der Waals surface area contributed by atoms with E-state index >= 15 is 0 Å². The minimum absolute atomic E-state index is 0.0116. The van der Waals surface area contributed by atoms with Crippen molar-refractivity contribution in [2.45, 2.75) is 115 Å². The number of benzene rings is 5. The number of aliphatic hydroxyl groups excluding tert-OH is 2. The molecule has 0 saturated heterocycles. The molecule has 0 aromatic heterocycles. The highest BCUT2D eigenvalue weighted by atomic mass is 33.1. The summed E-state index contributed by atoms with van der Waals surface area (Å²) >= 11 is 0. The van der Waals surface area contributed by atoms with Crippen molar-refractivity contribution < 1.29 is 48.3 Å². The lowest BCUT2D eigenvalue weighted by Gasteiger charge is -2.26. The Labute approximate surface area is 445 Å². The van der Waals surface area contributed by atoms with Gasteiger partial charge in [0.05, 0.1) is 53.6 Å². The molecule has 0 aliphatic carbocycles. The predicted molar refractivity (Wildman–Crippen MR) is 296 cm³/mol. The molecule has 0 bridgehead atoms. The average Bonchev–Trinajstić information content (AvgIpc) is 3.94. The monoisotopic (exact) mass is 1060 g/mol. The van der Waals surface area contributed by atoms with Crippen LogP contribution in [0.4, 0.5) is 28.4 Å². The van der Waals surface area contributed by atoms with Crippen molar-refractivity contribution >= 4 is 79.7 Å². The molecule has 394 valence electrons. The molecule has 75 heavy (non-hydrogen) atoms. The molecule has 4 aliphatic rings. The summed E-state index contributed by atoms with van der Waals surface area (Å²) in [5.41, 5.74) is 13.0. The van der Waals surface area contributed by atoms with E-state index in [2.05, 4.69) is 41.1 Å². The van der Waals surface area contributed by atoms with Gasteiger partial charge in [-0.3, -0.25) is 19.2 Å². The summed E-state index contributed by atoms with van der Waals surface area (Å²) < 4.78 is 23.6. The molecular weight excluding hydrogens is 993 g/mol. The number of nitrogens with zero attached hydrogens (tertiary/aromatic N) is 2. The first-order valence-corrected chi connectivity index (χ1v) is 27.6. The van der Waals surface area contributed by atoms with Crippen LogP contribution in [-0.2, 0) is 35.6 Å². The van der Waals surface area contributed by atoms with Crippen molar-refractivity contribution in [1.82, 2.24) is 0 Å². The molecule has 4 atom stereocenters. The van der Waals surface area contributed by atoms with Gasteiger partial charge in [0.25, 0.3) is 11.8 Å². The second-order valence-electron chi connectivity index (χ2n) is 19.6. The second kappa shape index (κ2) is 22.9. The normalized spacial score (nSPS) is 18.3. The molecule has 0 radical (unpaired) electrons. The van der Waals surface area contributed by atoms with Crippen LogP contribution in [0.2, 0.25) is 0 Å². The van der Waals surface area contributed by atoms with E-state index in [1.807, 2.05) is 56.3 Å². The highest BCUT2D eigenvalue weighted by Crippen LogP contribution is 2.45. The molecule has 4 aliphatic heterocycles. The maximum absolute atomic E-state index is 14.4. The Balaban J connectivity index is 0.961. The van der Waals surface area contributed by atoms with Crippen LogP contribution in [0, 0.1) is 0 Å². The fourth-order valence-corrected chi connectivity index (χ4v) is 12.4. The number of amides is 4. The average molecular weight is 1060 g/mol. The first kappa shape index (κ1) is 53.0. The van der Waals surface area contributed by atoms with Crippen molar-refractivity contribution in [3.05, 3.63) is 130 Å². The number of allylic oxidation sites excluding steroid dienone is 1. The number of para-hydroxylation sites is 1. The van der Waals surface area contributed by atoms with Crippen LogP contribution < -0.4 is 50.4 Å². The van der Waals surface area contributed by atoms with Crippen molar-refractivity contribution in [3.63, 3.8) is 0 Å². The summed E-state index contributed by atoms with van der Waals surface area (Å²) in [5, 5.41) is 32.4. The molecule has 5 aromatic rings. The third-order valence-corrected chi connectivity index (χ3v) is 17.1. The predicted octanol–water partition coefficient (Wildman–Crippen LogP) is 9.45. The smallest absolute Gasteiger partial charge is 0.260 e. The third kappa shape index (κ3) is 11.5. The summed E-state index contributed by atoms with van der Waals surface area (Å²) in [6, 6.07) is 24.6. The largest absolute Gasteiger partial charge is 0.493 e. The first-order valence-electron chi connectivity index (χ1n) is 25.3. The maximum atomic E-state index is 14.4. The summed E-state index contributed by atoms with van der Waals surface area (Å²) in [7, 11) is 5.87. The van der Waals surface area contributed by atoms with Gasteiger partial charge >= 0.3 is 0 Å². The first-order chi connectivity index (χ1) is 36.2. The quantitative estimate of drug-likeness (QED) is 0.0298. The molecule has 4 heterocycles. The van der Waals surface area contributed by atoms with Crippen LogP contribution >= 0.6 is 21.6 Å². The van der Waals surface area contributed by atoms with Gasteiger partial charge in [-0.05, 0) is 122 Å². The highest BCUT2D eigenvalue weighted by Gasteiger charge is 2.44. The van der Waals surface area contributed by atoms with Crippen LogP contribution in [0.15, 0.2) is 91.0 Å². The summed E-state index contributed by atoms with van der Waals surface area (Å²) in [5.74, 6) is 0.674. The Kier molecular flexibility index (Phi) is 16.2. The van der Waals surface area contributed by atoms with Crippen LogP contribution in [0.25, 0.3) is 6.08 Å². The number of rotatable bonds is 21. The van der Waals surface area contributed by atoms with Crippen molar-refractivity contribution in [1.29, 1.82) is 0 Å². The maximum Gasteiger partial charge on any atom is 0.260 e. The van der Waals surface area contributed by atoms with Gasteiger partial charge in [-0.25, -0.2) is 0 Å². The molecule has 4 amide bonds. The van der Waals surface area contributed by atoms with E-state index in [0.717, 1.165) is 40.9 Å². The Bertz CT molecular complexity index is 3020. The van der Waals surface area contributed by atoms with Gasteiger partial charge in [-0.2, -0.15) is 0 Å². The number of ether oxygens (including phenoxy) is 4. The lowest BCUT2D eigenvalue weighted by atomic mass is 10.0. The van der Waals surface area contributed by atoms with E-state index in [1.165, 1.54) is 48.6 Å². The minimum Gasteiger partial charge on any atom is -0.493 e. The Morgan fingerprint density at radius 3 is 1.93 bits per heavy atom. The van der Waals surface area contributed by atoms with Crippen molar-refractivity contribution in [2.24, 2.45) is 5.73 Å². The molecule has 9 rings (SSSR count). The van der Waals surface area contributed by atoms with Crippen LogP contribution in [0.1, 0.15) is 108 Å². The number of anilines is 5. The number of nitrogens with one attached hydrogen (secondary N) is 3. The number of methoxy groups -OCH3 is 2. The van der Waals surface area contributed by atoms with Gasteiger partial charge in [-0.1, -0.05) is 77.8 Å². The molecular formula is C57H64N6O10S2. The summed E-state index contributed by atoms with van der Waals surface area (Å²) in [6.07, 6.45) is 8.46. The number of hydrogen-bond donors (Lipinski definition) is 6. The molecule has 16 nitrogen and oxygen atoms in total. The van der Waals surface area contributed by atoms with Crippen molar-refractivity contribution in [3.8, 4) is 23.0 Å². The van der Waals surface area contributed by atoms with E-state index in [-0.39, 0.29) is 43.3 Å².